The molecule has 0 bridgehead atoms. The van der Waals surface area contributed by atoms with E-state index in [4.69, 9.17) is 10.2 Å². The van der Waals surface area contributed by atoms with Crippen molar-refractivity contribution in [1.82, 2.24) is 25.6 Å². The number of carboxylic acids is 3. The van der Waals surface area contributed by atoms with Crippen molar-refractivity contribution in [3.8, 4) is 0 Å². The van der Waals surface area contributed by atoms with E-state index in [0.29, 0.717) is 0 Å². The van der Waals surface area contributed by atoms with Crippen molar-refractivity contribution in [2.75, 3.05) is 6.67 Å². The van der Waals surface area contributed by atoms with E-state index < -0.39 is 49.1 Å². The molecule has 2 atom stereocenters. The maximum atomic E-state index is 12.1. The van der Waals surface area contributed by atoms with Gasteiger partial charge in [0.1, 0.15) is 12.1 Å². The highest BCUT2D eigenvalue weighted by Crippen LogP contribution is 2.02. The zero-order valence-electron chi connectivity index (χ0n) is 14.2. The van der Waals surface area contributed by atoms with E-state index in [9.17, 15) is 28.7 Å². The highest BCUT2D eigenvalue weighted by atomic mass is 19.1. The Kier molecular flexibility index (Phi) is 8.62. The summed E-state index contributed by atoms with van der Waals surface area (Å²) in [6.45, 7) is -0.277. The summed E-state index contributed by atoms with van der Waals surface area (Å²) in [5.41, 5.74) is 0.238. The molecule has 1 aromatic heterocycles. The Morgan fingerprint density at radius 1 is 1.11 bits per heavy atom. The summed E-state index contributed by atoms with van der Waals surface area (Å²) in [4.78, 5) is 44.8. The van der Waals surface area contributed by atoms with Crippen LogP contribution in [0.2, 0.25) is 0 Å². The van der Waals surface area contributed by atoms with Gasteiger partial charge in [-0.15, -0.1) is 5.10 Å². The number of carbonyl (C=O) groups excluding carboxylic acids is 1. The lowest BCUT2D eigenvalue weighted by atomic mass is 10.1. The molecule has 0 unspecified atom stereocenters. The standard InChI is InChI=1S/C14H20FN5O7/c15-4-1-5-20-7-8(18-19-20)6-10(13(25)26)17-14(27)16-9(12(23)24)2-3-11(21)22/h7,9-10H,1-6H2,(H,21,22)(H,23,24)(H,25,26)(H2,16,17,27)/t9-,10-/m0/s1. The number of carbonyl (C=O) groups is 4. The van der Waals surface area contributed by atoms with Crippen LogP contribution in [0.1, 0.15) is 25.0 Å². The maximum Gasteiger partial charge on any atom is 0.326 e. The minimum Gasteiger partial charge on any atom is -0.481 e. The number of nitrogens with one attached hydrogen (secondary N) is 2. The average molecular weight is 389 g/mol. The Morgan fingerprint density at radius 2 is 1.74 bits per heavy atom. The van der Waals surface area contributed by atoms with Gasteiger partial charge in [-0.05, 0) is 12.8 Å². The first-order valence-corrected chi connectivity index (χ1v) is 7.92. The zero-order chi connectivity index (χ0) is 20.4. The number of hydrogen-bond donors (Lipinski definition) is 5. The topological polar surface area (TPSA) is 184 Å². The Bertz CT molecular complexity index is 681. The molecule has 1 aromatic rings. The summed E-state index contributed by atoms with van der Waals surface area (Å²) in [6.07, 6.45) is 0.558. The fourth-order valence-corrected chi connectivity index (χ4v) is 2.06. The number of urea groups is 1. The fourth-order valence-electron chi connectivity index (χ4n) is 2.06. The van der Waals surface area contributed by atoms with Gasteiger partial charge in [-0.1, -0.05) is 5.21 Å². The Labute approximate surface area is 152 Å². The number of carboxylic acid groups (broad SMARTS) is 3. The average Bonchev–Trinajstić information content (AvgIpc) is 3.03. The van der Waals surface area contributed by atoms with Gasteiger partial charge in [-0.2, -0.15) is 0 Å². The molecule has 0 aliphatic rings. The van der Waals surface area contributed by atoms with Crippen LogP contribution in [0.4, 0.5) is 9.18 Å². The van der Waals surface area contributed by atoms with Crippen molar-refractivity contribution in [2.45, 2.75) is 44.3 Å². The number of hydrogen-bond acceptors (Lipinski definition) is 6. The summed E-state index contributed by atoms with van der Waals surface area (Å²) in [5.74, 6) is -4.07. The number of alkyl halides is 1. The van der Waals surface area contributed by atoms with Crippen LogP contribution >= 0.6 is 0 Å². The lowest BCUT2D eigenvalue weighted by Crippen LogP contribution is -2.51. The van der Waals surface area contributed by atoms with Crippen molar-refractivity contribution >= 4 is 23.9 Å². The first kappa shape index (κ1) is 21.8. The van der Waals surface area contributed by atoms with Gasteiger partial charge in [-0.25, -0.2) is 14.4 Å². The van der Waals surface area contributed by atoms with E-state index in [-0.39, 0.29) is 31.5 Å². The highest BCUT2D eigenvalue weighted by Gasteiger charge is 2.25. The van der Waals surface area contributed by atoms with Crippen LogP contribution < -0.4 is 10.6 Å². The maximum absolute atomic E-state index is 12.1. The van der Waals surface area contributed by atoms with Gasteiger partial charge >= 0.3 is 23.9 Å². The molecule has 27 heavy (non-hydrogen) atoms. The van der Waals surface area contributed by atoms with Gasteiger partial charge in [0.15, 0.2) is 0 Å². The first-order valence-electron chi connectivity index (χ1n) is 7.92. The summed E-state index contributed by atoms with van der Waals surface area (Å²) in [5, 5.41) is 38.3. The largest absolute Gasteiger partial charge is 0.481 e. The van der Waals surface area contributed by atoms with Crippen molar-refractivity contribution in [2.24, 2.45) is 0 Å². The SMILES string of the molecule is O=C(O)CC[C@H](NC(=O)N[C@@H](Cc1cn(CCCF)nn1)C(=O)O)C(=O)O. The fraction of sp³-hybridized carbons (Fsp3) is 0.571. The monoisotopic (exact) mass is 389 g/mol. The van der Waals surface area contributed by atoms with E-state index in [1.54, 1.807) is 0 Å². The summed E-state index contributed by atoms with van der Waals surface area (Å²) >= 11 is 0. The van der Waals surface area contributed by atoms with Gasteiger partial charge < -0.3 is 26.0 Å². The molecule has 5 N–H and O–H groups in total. The predicted molar refractivity (Wildman–Crippen MR) is 85.7 cm³/mol. The van der Waals surface area contributed by atoms with E-state index >= 15 is 0 Å². The minimum atomic E-state index is -1.49. The molecule has 0 radical (unpaired) electrons. The Balaban J connectivity index is 2.65. The summed E-state index contributed by atoms with van der Waals surface area (Å²) in [6, 6.07) is -3.99. The van der Waals surface area contributed by atoms with E-state index in [1.165, 1.54) is 10.9 Å². The number of halogens is 1. The Hall–Kier alpha value is -3.25. The van der Waals surface area contributed by atoms with Crippen LogP contribution in [-0.2, 0) is 27.3 Å². The third-order valence-electron chi connectivity index (χ3n) is 3.37. The van der Waals surface area contributed by atoms with E-state index in [0.717, 1.165) is 0 Å². The van der Waals surface area contributed by atoms with Crippen LogP contribution in [-0.4, -0.2) is 73.0 Å². The second-order valence-electron chi connectivity index (χ2n) is 5.55. The molecule has 0 saturated heterocycles. The van der Waals surface area contributed by atoms with Crippen molar-refractivity contribution in [1.29, 1.82) is 0 Å². The van der Waals surface area contributed by atoms with E-state index in [1.807, 2.05) is 5.32 Å². The van der Waals surface area contributed by atoms with Gasteiger partial charge in [0, 0.05) is 25.6 Å². The number of rotatable bonds is 12. The number of amides is 2. The molecule has 0 saturated carbocycles. The van der Waals surface area contributed by atoms with Crippen LogP contribution in [0.3, 0.4) is 0 Å². The molecule has 0 aromatic carbocycles. The molecule has 150 valence electrons. The number of aromatic nitrogens is 3. The highest BCUT2D eigenvalue weighted by molar-refractivity contribution is 5.86. The lowest BCUT2D eigenvalue weighted by Gasteiger charge is -2.17. The normalized spacial score (nSPS) is 12.8. The molecular weight excluding hydrogens is 369 g/mol. The first-order chi connectivity index (χ1) is 12.7. The molecule has 12 nitrogen and oxygen atoms in total. The van der Waals surface area contributed by atoms with Crippen LogP contribution in [0.15, 0.2) is 6.20 Å². The van der Waals surface area contributed by atoms with Gasteiger partial charge in [0.2, 0.25) is 0 Å². The third kappa shape index (κ3) is 8.11. The molecule has 2 amide bonds. The van der Waals surface area contributed by atoms with Gasteiger partial charge in [-0.3, -0.25) is 13.9 Å². The number of aryl methyl sites for hydroxylation is 1. The van der Waals surface area contributed by atoms with Crippen molar-refractivity contribution < 1.29 is 38.9 Å². The summed E-state index contributed by atoms with van der Waals surface area (Å²) in [7, 11) is 0. The molecule has 13 heteroatoms. The third-order valence-corrected chi connectivity index (χ3v) is 3.37. The Morgan fingerprint density at radius 3 is 2.30 bits per heavy atom. The molecule has 0 aliphatic carbocycles. The summed E-state index contributed by atoms with van der Waals surface area (Å²) < 4.78 is 13.5. The lowest BCUT2D eigenvalue weighted by molar-refractivity contribution is -0.140. The molecular formula is C14H20FN5O7. The number of aliphatic carboxylic acids is 3. The second kappa shape index (κ2) is 10.7. The molecule has 0 spiro atoms. The van der Waals surface area contributed by atoms with E-state index in [2.05, 4.69) is 15.6 Å². The molecule has 1 heterocycles. The van der Waals surface area contributed by atoms with Crippen LogP contribution in [0, 0.1) is 0 Å². The molecule has 0 fully saturated rings. The molecule has 1 rings (SSSR count). The molecule has 0 aliphatic heterocycles. The van der Waals surface area contributed by atoms with Crippen LogP contribution in [0.25, 0.3) is 0 Å². The van der Waals surface area contributed by atoms with Gasteiger partial charge in [0.25, 0.3) is 0 Å². The minimum absolute atomic E-state index is 0.221. The predicted octanol–water partition coefficient (Wildman–Crippen LogP) is -0.749. The van der Waals surface area contributed by atoms with Crippen LogP contribution in [0.5, 0.6) is 0 Å². The van der Waals surface area contributed by atoms with Gasteiger partial charge in [0.05, 0.1) is 12.4 Å². The number of nitrogens with zero attached hydrogens (tertiary/aromatic N) is 3. The zero-order valence-corrected chi connectivity index (χ0v) is 14.2. The quantitative estimate of drug-likeness (QED) is 0.307. The smallest absolute Gasteiger partial charge is 0.326 e. The second-order valence-corrected chi connectivity index (χ2v) is 5.55. The van der Waals surface area contributed by atoms with Crippen molar-refractivity contribution in [3.05, 3.63) is 11.9 Å². The van der Waals surface area contributed by atoms with Crippen molar-refractivity contribution in [3.63, 3.8) is 0 Å².